The van der Waals surface area contributed by atoms with E-state index in [4.69, 9.17) is 17.0 Å². The van der Waals surface area contributed by atoms with E-state index in [1.54, 1.807) is 4.57 Å². The van der Waals surface area contributed by atoms with Crippen LogP contribution in [0.3, 0.4) is 0 Å². The van der Waals surface area contributed by atoms with Crippen LogP contribution in [0, 0.1) is 4.77 Å². The van der Waals surface area contributed by atoms with Crippen LogP contribution in [-0.4, -0.2) is 58.7 Å². The zero-order chi connectivity index (χ0) is 23.1. The maximum absolute atomic E-state index is 12.7. The molecule has 7 nitrogen and oxygen atoms in total. The highest BCUT2D eigenvalue weighted by Gasteiger charge is 2.38. The van der Waals surface area contributed by atoms with Crippen molar-refractivity contribution >= 4 is 29.0 Å². The second-order valence-corrected chi connectivity index (χ2v) is 9.79. The van der Waals surface area contributed by atoms with Crippen molar-refractivity contribution in [2.75, 3.05) is 32.8 Å². The van der Waals surface area contributed by atoms with Crippen molar-refractivity contribution in [2.24, 2.45) is 0 Å². The Labute approximate surface area is 200 Å². The van der Waals surface area contributed by atoms with Gasteiger partial charge in [0.1, 0.15) is 0 Å². The normalized spacial score (nSPS) is 18.9. The van der Waals surface area contributed by atoms with Gasteiger partial charge in [0.05, 0.1) is 24.1 Å². The predicted molar refractivity (Wildman–Crippen MR) is 133 cm³/mol. The molecular weight excluding hydrogens is 436 g/mol. The second kappa shape index (κ2) is 11.4. The zero-order valence-electron chi connectivity index (χ0n) is 19.4. The minimum Gasteiger partial charge on any atom is -0.379 e. The molecule has 0 spiro atoms. The number of aromatic nitrogens is 2. The fourth-order valence-electron chi connectivity index (χ4n) is 5.34. The monoisotopic (exact) mass is 472 g/mol. The van der Waals surface area contributed by atoms with E-state index in [0.29, 0.717) is 23.1 Å². The number of morpholine rings is 1. The molecule has 0 radical (unpaired) electrons. The minimum absolute atomic E-state index is 0.0482. The van der Waals surface area contributed by atoms with Crippen molar-refractivity contribution in [2.45, 2.75) is 69.9 Å². The van der Waals surface area contributed by atoms with Gasteiger partial charge in [-0.15, -0.1) is 0 Å². The van der Waals surface area contributed by atoms with Crippen molar-refractivity contribution in [1.82, 2.24) is 19.8 Å². The molecule has 1 aromatic heterocycles. The van der Waals surface area contributed by atoms with E-state index in [0.717, 1.165) is 70.5 Å². The van der Waals surface area contributed by atoms with Crippen LogP contribution < -0.4 is 10.9 Å². The standard InChI is InChI=1S/C25H36N4O3S/c30-22(26-19-25(12-6-2-7-13-25)28-15-17-32-18-16-28)11-3-1-8-14-29-23(31)20-9-4-5-10-21(20)27-24(29)33/h4-5,9-10H,1-3,6-8,11-19H2,(H,26,30)(H,27,33). The van der Waals surface area contributed by atoms with E-state index in [2.05, 4.69) is 15.2 Å². The zero-order valence-corrected chi connectivity index (χ0v) is 20.3. The summed E-state index contributed by atoms with van der Waals surface area (Å²) in [5.74, 6) is 0.133. The van der Waals surface area contributed by atoms with Crippen molar-refractivity contribution in [3.05, 3.63) is 39.4 Å². The molecule has 1 amide bonds. The molecule has 0 atom stereocenters. The lowest BCUT2D eigenvalue weighted by molar-refractivity contribution is -0.122. The Bertz CT molecular complexity index is 1050. The first-order valence-electron chi connectivity index (χ1n) is 12.4. The smallest absolute Gasteiger partial charge is 0.262 e. The van der Waals surface area contributed by atoms with Gasteiger partial charge < -0.3 is 15.0 Å². The lowest BCUT2D eigenvalue weighted by Crippen LogP contribution is -2.59. The molecule has 1 aliphatic heterocycles. The summed E-state index contributed by atoms with van der Waals surface area (Å²) in [6.07, 6.45) is 9.14. The van der Waals surface area contributed by atoms with Gasteiger partial charge in [-0.2, -0.15) is 0 Å². The summed E-state index contributed by atoms with van der Waals surface area (Å²) in [5, 5.41) is 3.89. The maximum Gasteiger partial charge on any atom is 0.262 e. The summed E-state index contributed by atoms with van der Waals surface area (Å²) in [6, 6.07) is 7.44. The van der Waals surface area contributed by atoms with Gasteiger partial charge in [-0.25, -0.2) is 0 Å². The molecule has 1 saturated carbocycles. The number of rotatable bonds is 9. The van der Waals surface area contributed by atoms with Crippen molar-refractivity contribution in [1.29, 1.82) is 0 Å². The van der Waals surface area contributed by atoms with Gasteiger partial charge in [-0.1, -0.05) is 37.8 Å². The number of nitrogens with one attached hydrogen (secondary N) is 2. The topological polar surface area (TPSA) is 79.4 Å². The highest BCUT2D eigenvalue weighted by molar-refractivity contribution is 7.71. The number of carbonyl (C=O) groups excluding carboxylic acids is 1. The molecule has 180 valence electrons. The average Bonchev–Trinajstić information content (AvgIpc) is 2.85. The van der Waals surface area contributed by atoms with Gasteiger partial charge in [0.2, 0.25) is 5.91 Å². The van der Waals surface area contributed by atoms with Gasteiger partial charge in [-0.3, -0.25) is 19.1 Å². The summed E-state index contributed by atoms with van der Waals surface area (Å²) in [5.41, 5.74) is 0.826. The number of benzene rings is 1. The van der Waals surface area contributed by atoms with E-state index in [-0.39, 0.29) is 17.0 Å². The Morgan fingerprint density at radius 1 is 1.09 bits per heavy atom. The second-order valence-electron chi connectivity index (χ2n) is 9.40. The minimum atomic E-state index is -0.0482. The van der Waals surface area contributed by atoms with Crippen LogP contribution >= 0.6 is 12.2 Å². The molecule has 2 aliphatic rings. The average molecular weight is 473 g/mol. The Balaban J connectivity index is 1.22. The molecule has 2 heterocycles. The number of fused-ring (bicyclic) bond motifs is 1. The number of para-hydroxylation sites is 1. The largest absolute Gasteiger partial charge is 0.379 e. The predicted octanol–water partition coefficient (Wildman–Crippen LogP) is 3.77. The summed E-state index contributed by atoms with van der Waals surface area (Å²) in [4.78, 5) is 31.0. The summed E-state index contributed by atoms with van der Waals surface area (Å²) >= 11 is 5.38. The number of hydrogen-bond acceptors (Lipinski definition) is 5. The molecule has 1 aliphatic carbocycles. The molecule has 1 saturated heterocycles. The molecule has 1 aromatic carbocycles. The molecule has 0 bridgehead atoms. The molecule has 2 N–H and O–H groups in total. The van der Waals surface area contributed by atoms with Crippen LogP contribution in [0.4, 0.5) is 0 Å². The molecular formula is C25H36N4O3S. The number of aromatic amines is 1. The highest BCUT2D eigenvalue weighted by atomic mass is 32.1. The Hall–Kier alpha value is -2.03. The van der Waals surface area contributed by atoms with Crippen LogP contribution in [0.2, 0.25) is 0 Å². The van der Waals surface area contributed by atoms with E-state index in [1.807, 2.05) is 24.3 Å². The Morgan fingerprint density at radius 3 is 2.64 bits per heavy atom. The van der Waals surface area contributed by atoms with E-state index in [9.17, 15) is 9.59 Å². The van der Waals surface area contributed by atoms with E-state index >= 15 is 0 Å². The number of H-pyrrole nitrogens is 1. The Kier molecular flexibility index (Phi) is 8.33. The van der Waals surface area contributed by atoms with E-state index < -0.39 is 0 Å². The lowest BCUT2D eigenvalue weighted by Gasteiger charge is -2.48. The quantitative estimate of drug-likeness (QED) is 0.429. The highest BCUT2D eigenvalue weighted by Crippen LogP contribution is 2.33. The fraction of sp³-hybridized carbons (Fsp3) is 0.640. The van der Waals surface area contributed by atoms with Gasteiger partial charge in [-0.05, 0) is 50.0 Å². The summed E-state index contributed by atoms with van der Waals surface area (Å²) in [6.45, 7) is 4.83. The van der Waals surface area contributed by atoms with Crippen LogP contribution in [0.25, 0.3) is 10.9 Å². The van der Waals surface area contributed by atoms with Crippen molar-refractivity contribution < 1.29 is 9.53 Å². The van der Waals surface area contributed by atoms with Crippen LogP contribution in [-0.2, 0) is 16.1 Å². The van der Waals surface area contributed by atoms with Crippen LogP contribution in [0.5, 0.6) is 0 Å². The fourth-order valence-corrected chi connectivity index (χ4v) is 5.62. The first-order chi connectivity index (χ1) is 16.1. The third-order valence-corrected chi connectivity index (χ3v) is 7.58. The van der Waals surface area contributed by atoms with Crippen molar-refractivity contribution in [3.63, 3.8) is 0 Å². The number of carbonyl (C=O) groups is 1. The first-order valence-corrected chi connectivity index (χ1v) is 12.8. The lowest BCUT2D eigenvalue weighted by atomic mass is 9.79. The van der Waals surface area contributed by atoms with Crippen LogP contribution in [0.15, 0.2) is 29.1 Å². The third kappa shape index (κ3) is 5.91. The molecule has 0 unspecified atom stereocenters. The number of hydrogen-bond donors (Lipinski definition) is 2. The maximum atomic E-state index is 12.7. The number of nitrogens with zero attached hydrogens (tertiary/aromatic N) is 2. The van der Waals surface area contributed by atoms with Gasteiger partial charge in [0.25, 0.3) is 5.56 Å². The SMILES string of the molecule is O=C(CCCCCn1c(=S)[nH]c2ccccc2c1=O)NCC1(N2CCOCC2)CCCCC1. The number of unbranched alkanes of at least 4 members (excludes halogenated alkanes) is 2. The number of amides is 1. The molecule has 4 rings (SSSR count). The Morgan fingerprint density at radius 2 is 1.85 bits per heavy atom. The van der Waals surface area contributed by atoms with Crippen molar-refractivity contribution in [3.8, 4) is 0 Å². The van der Waals surface area contributed by atoms with E-state index in [1.165, 1.54) is 19.3 Å². The van der Waals surface area contributed by atoms with Crippen LogP contribution in [0.1, 0.15) is 57.8 Å². The van der Waals surface area contributed by atoms with Gasteiger partial charge in [0, 0.05) is 38.1 Å². The first kappa shape index (κ1) is 24.1. The third-order valence-electron chi connectivity index (χ3n) is 7.26. The summed E-state index contributed by atoms with van der Waals surface area (Å²) in [7, 11) is 0. The van der Waals surface area contributed by atoms with Gasteiger partial charge in [0.15, 0.2) is 4.77 Å². The molecule has 2 fully saturated rings. The molecule has 8 heteroatoms. The van der Waals surface area contributed by atoms with Gasteiger partial charge >= 0.3 is 0 Å². The summed E-state index contributed by atoms with van der Waals surface area (Å²) < 4.78 is 7.63. The molecule has 2 aromatic rings. The number of ether oxygens (including phenoxy) is 1. The molecule has 33 heavy (non-hydrogen) atoms.